The summed E-state index contributed by atoms with van der Waals surface area (Å²) in [7, 11) is 1.49. The van der Waals surface area contributed by atoms with E-state index < -0.39 is 34.7 Å². The molecule has 0 spiro atoms. The van der Waals surface area contributed by atoms with Gasteiger partial charge in [0.1, 0.15) is 17.8 Å². The number of nitrogens with zero attached hydrogens (tertiary/aromatic N) is 5. The monoisotopic (exact) mass is 494 g/mol. The molecule has 0 aliphatic rings. The average molecular weight is 495 g/mol. The molecule has 1 aromatic carbocycles. The Hall–Kier alpha value is -4.05. The van der Waals surface area contributed by atoms with E-state index in [4.69, 9.17) is 21.1 Å². The van der Waals surface area contributed by atoms with E-state index in [1.165, 1.54) is 24.1 Å². The molecule has 0 unspecified atom stereocenters. The van der Waals surface area contributed by atoms with Crippen LogP contribution in [-0.2, 0) is 7.05 Å². The molecule has 3 heterocycles. The summed E-state index contributed by atoms with van der Waals surface area (Å²) in [6.45, 7) is 5.55. The quantitative estimate of drug-likeness (QED) is 0.414. The Balaban J connectivity index is 1.88. The van der Waals surface area contributed by atoms with E-state index in [-0.39, 0.29) is 11.5 Å². The van der Waals surface area contributed by atoms with Crippen molar-refractivity contribution in [2.75, 3.05) is 5.32 Å². The number of aryl methyl sites for hydroxylation is 2. The van der Waals surface area contributed by atoms with Crippen LogP contribution in [0.4, 0.5) is 5.69 Å². The summed E-state index contributed by atoms with van der Waals surface area (Å²) in [6, 6.07) is 7.34. The molecule has 0 aliphatic heterocycles. The highest BCUT2D eigenvalue weighted by atomic mass is 35.5. The molecule has 0 bridgehead atoms. The smallest absolute Gasteiger partial charge is 0.296 e. The van der Waals surface area contributed by atoms with Crippen LogP contribution in [0.1, 0.15) is 57.7 Å². The molecule has 11 heteroatoms. The van der Waals surface area contributed by atoms with Gasteiger partial charge in [-0.1, -0.05) is 41.9 Å². The van der Waals surface area contributed by atoms with Gasteiger partial charge in [-0.3, -0.25) is 24.1 Å². The molecule has 0 radical (unpaired) electrons. The van der Waals surface area contributed by atoms with E-state index in [2.05, 4.69) is 20.4 Å². The Kier molecular flexibility index (Phi) is 6.65. The Morgan fingerprint density at radius 2 is 1.94 bits per heavy atom. The molecule has 0 saturated carbocycles. The van der Waals surface area contributed by atoms with Gasteiger partial charge in [-0.25, -0.2) is 4.98 Å². The fourth-order valence-corrected chi connectivity index (χ4v) is 4.26. The Labute approximate surface area is 205 Å². The van der Waals surface area contributed by atoms with Crippen molar-refractivity contribution in [1.82, 2.24) is 24.7 Å². The minimum Gasteiger partial charge on any atom is -0.501 e. The van der Waals surface area contributed by atoms with Crippen molar-refractivity contribution in [2.24, 2.45) is 7.05 Å². The van der Waals surface area contributed by atoms with Crippen molar-refractivity contribution < 1.29 is 14.4 Å². The lowest BCUT2D eigenvalue weighted by Gasteiger charge is -2.27. The van der Waals surface area contributed by atoms with Crippen LogP contribution in [0.2, 0.25) is 5.02 Å². The molecule has 4 aromatic rings. The number of aromatic hydroxyl groups is 1. The second-order valence-corrected chi connectivity index (χ2v) is 8.58. The number of rotatable bonds is 6. The SMILES string of the molecule is Cc1cnc(C)c([C@H](c2ccccc2Cl)[C@H](C)c2nc(C(=O)Nc3cnoc3)c(O)c(=O)n2C)n1. The van der Waals surface area contributed by atoms with E-state index in [1.54, 1.807) is 12.3 Å². The summed E-state index contributed by atoms with van der Waals surface area (Å²) < 4.78 is 5.93. The maximum atomic E-state index is 12.9. The zero-order valence-electron chi connectivity index (χ0n) is 19.5. The first-order valence-corrected chi connectivity index (χ1v) is 11.1. The number of aromatic nitrogens is 5. The van der Waals surface area contributed by atoms with Crippen LogP contribution in [0.25, 0.3) is 0 Å². The number of carbonyl (C=O) groups is 1. The maximum absolute atomic E-state index is 12.9. The van der Waals surface area contributed by atoms with E-state index in [9.17, 15) is 14.7 Å². The number of hydrogen-bond acceptors (Lipinski definition) is 8. The number of halogens is 1. The molecule has 1 amide bonds. The fourth-order valence-electron chi connectivity index (χ4n) is 4.01. The van der Waals surface area contributed by atoms with E-state index in [1.807, 2.05) is 39.0 Å². The number of carbonyl (C=O) groups excluding carboxylic acids is 1. The van der Waals surface area contributed by atoms with Crippen LogP contribution >= 0.6 is 11.6 Å². The third-order valence-corrected chi connectivity index (χ3v) is 6.11. The first-order chi connectivity index (χ1) is 16.7. The first-order valence-electron chi connectivity index (χ1n) is 10.7. The van der Waals surface area contributed by atoms with E-state index in [0.717, 1.165) is 11.3 Å². The standard InChI is InChI=1S/C24H23ClN6O4/c1-12-9-26-14(3)19(28-12)18(16-7-5-6-8-17(16)25)13(2)22-30-20(21(32)24(34)31(22)4)23(33)29-15-10-27-35-11-15/h5-11,13,18,32H,1-4H3,(H,29,33)/t13-,18-/m0/s1. The summed E-state index contributed by atoms with van der Waals surface area (Å²) in [6.07, 6.45) is 4.17. The average Bonchev–Trinajstić information content (AvgIpc) is 3.34. The van der Waals surface area contributed by atoms with Crippen LogP contribution in [0.3, 0.4) is 0 Å². The lowest BCUT2D eigenvalue weighted by atomic mass is 9.82. The zero-order chi connectivity index (χ0) is 25.3. The van der Waals surface area contributed by atoms with Gasteiger partial charge in [0.25, 0.3) is 11.5 Å². The van der Waals surface area contributed by atoms with Gasteiger partial charge < -0.3 is 14.9 Å². The lowest BCUT2D eigenvalue weighted by molar-refractivity contribution is 0.101. The molecule has 3 aromatic heterocycles. The molecule has 35 heavy (non-hydrogen) atoms. The topological polar surface area (TPSA) is 136 Å². The van der Waals surface area contributed by atoms with Gasteiger partial charge in [0.2, 0.25) is 5.75 Å². The van der Waals surface area contributed by atoms with Crippen LogP contribution in [0.5, 0.6) is 5.75 Å². The minimum atomic E-state index is -0.780. The van der Waals surface area contributed by atoms with Crippen LogP contribution < -0.4 is 10.9 Å². The normalized spacial score (nSPS) is 12.8. The summed E-state index contributed by atoms with van der Waals surface area (Å²) >= 11 is 6.59. The molecule has 0 saturated heterocycles. The van der Waals surface area contributed by atoms with Crippen LogP contribution in [-0.4, -0.2) is 35.7 Å². The number of benzene rings is 1. The van der Waals surface area contributed by atoms with Gasteiger partial charge in [0.15, 0.2) is 5.69 Å². The Morgan fingerprint density at radius 1 is 1.20 bits per heavy atom. The van der Waals surface area contributed by atoms with Gasteiger partial charge in [-0.2, -0.15) is 0 Å². The van der Waals surface area contributed by atoms with Gasteiger partial charge in [0.05, 0.1) is 23.3 Å². The minimum absolute atomic E-state index is 0.256. The van der Waals surface area contributed by atoms with Crippen LogP contribution in [0.15, 0.2) is 52.2 Å². The Bertz CT molecular complexity index is 1450. The molecule has 2 N–H and O–H groups in total. The third kappa shape index (κ3) is 4.65. The van der Waals surface area contributed by atoms with Crippen molar-refractivity contribution in [3.8, 4) is 5.75 Å². The fraction of sp³-hybridized carbons (Fsp3) is 0.250. The summed E-state index contributed by atoms with van der Waals surface area (Å²) in [5.41, 5.74) is 1.93. The highest BCUT2D eigenvalue weighted by Crippen LogP contribution is 2.40. The van der Waals surface area contributed by atoms with Gasteiger partial charge >= 0.3 is 0 Å². The Morgan fingerprint density at radius 3 is 2.63 bits per heavy atom. The molecule has 0 fully saturated rings. The third-order valence-electron chi connectivity index (χ3n) is 5.76. The second-order valence-electron chi connectivity index (χ2n) is 8.17. The number of amides is 1. The van der Waals surface area contributed by atoms with Crippen molar-refractivity contribution >= 4 is 23.2 Å². The van der Waals surface area contributed by atoms with E-state index in [0.29, 0.717) is 16.4 Å². The van der Waals surface area contributed by atoms with Gasteiger partial charge in [0, 0.05) is 30.1 Å². The molecule has 0 aliphatic carbocycles. The molecule has 180 valence electrons. The van der Waals surface area contributed by atoms with Crippen molar-refractivity contribution in [3.63, 3.8) is 0 Å². The van der Waals surface area contributed by atoms with Crippen molar-refractivity contribution in [1.29, 1.82) is 0 Å². The number of nitrogens with one attached hydrogen (secondary N) is 1. The van der Waals surface area contributed by atoms with Crippen molar-refractivity contribution in [2.45, 2.75) is 32.6 Å². The van der Waals surface area contributed by atoms with E-state index >= 15 is 0 Å². The molecular weight excluding hydrogens is 472 g/mol. The highest BCUT2D eigenvalue weighted by Gasteiger charge is 2.32. The van der Waals surface area contributed by atoms with Crippen molar-refractivity contribution in [3.05, 3.63) is 92.5 Å². The summed E-state index contributed by atoms with van der Waals surface area (Å²) in [5, 5.41) is 17.0. The van der Waals surface area contributed by atoms with Gasteiger partial charge in [-0.05, 0) is 25.5 Å². The van der Waals surface area contributed by atoms with Gasteiger partial charge in [-0.15, -0.1) is 0 Å². The second kappa shape index (κ2) is 9.67. The number of anilines is 1. The largest absolute Gasteiger partial charge is 0.501 e. The predicted molar refractivity (Wildman–Crippen MR) is 129 cm³/mol. The first kappa shape index (κ1) is 24.1. The highest BCUT2D eigenvalue weighted by molar-refractivity contribution is 6.31. The lowest BCUT2D eigenvalue weighted by Crippen LogP contribution is -2.30. The maximum Gasteiger partial charge on any atom is 0.296 e. The molecular formula is C24H23ClN6O4. The molecule has 2 atom stereocenters. The zero-order valence-corrected chi connectivity index (χ0v) is 20.2. The molecule has 10 nitrogen and oxygen atoms in total. The summed E-state index contributed by atoms with van der Waals surface area (Å²) in [5.74, 6) is -2.23. The molecule has 4 rings (SSSR count). The number of hydrogen-bond donors (Lipinski definition) is 2. The van der Waals surface area contributed by atoms with Crippen LogP contribution in [0, 0.1) is 13.8 Å². The predicted octanol–water partition coefficient (Wildman–Crippen LogP) is 3.72. The summed E-state index contributed by atoms with van der Waals surface area (Å²) in [4.78, 5) is 39.4.